The maximum Gasteiger partial charge on any atom is 0.338 e. The summed E-state index contributed by atoms with van der Waals surface area (Å²) in [6.07, 6.45) is 0. The second-order valence-electron chi connectivity index (χ2n) is 4.27. The third-order valence-corrected chi connectivity index (χ3v) is 3.36. The first-order valence-corrected chi connectivity index (χ1v) is 6.83. The quantitative estimate of drug-likeness (QED) is 0.805. The molecule has 1 heterocycles. The highest BCUT2D eigenvalue weighted by atomic mass is 79.9. The highest BCUT2D eigenvalue weighted by molar-refractivity contribution is 9.10. The van der Waals surface area contributed by atoms with Crippen molar-refractivity contribution in [2.75, 3.05) is 6.79 Å². The molecule has 1 aliphatic heterocycles. The van der Waals surface area contributed by atoms with E-state index >= 15 is 0 Å². The summed E-state index contributed by atoms with van der Waals surface area (Å²) in [6.45, 7) is 0.415. The van der Waals surface area contributed by atoms with Crippen molar-refractivity contribution >= 4 is 21.9 Å². The molecule has 0 aromatic heterocycles. The number of hydrogen-bond acceptors (Lipinski definition) is 4. The first-order valence-electron chi connectivity index (χ1n) is 6.03. The molecule has 0 amide bonds. The normalized spacial score (nSPS) is 12.2. The van der Waals surface area contributed by atoms with E-state index in [1.165, 1.54) is 0 Å². The van der Waals surface area contributed by atoms with Crippen LogP contribution in [0.2, 0.25) is 0 Å². The largest absolute Gasteiger partial charge is 0.457 e. The van der Waals surface area contributed by atoms with E-state index in [0.717, 1.165) is 10.0 Å². The molecule has 0 bridgehead atoms. The van der Waals surface area contributed by atoms with Crippen molar-refractivity contribution in [2.45, 2.75) is 6.61 Å². The number of ether oxygens (including phenoxy) is 3. The van der Waals surface area contributed by atoms with E-state index in [1.807, 2.05) is 24.3 Å². The summed E-state index contributed by atoms with van der Waals surface area (Å²) in [7, 11) is 0. The fourth-order valence-corrected chi connectivity index (χ4v) is 2.33. The third kappa shape index (κ3) is 2.77. The molecule has 0 atom stereocenters. The molecule has 20 heavy (non-hydrogen) atoms. The van der Waals surface area contributed by atoms with Crippen molar-refractivity contribution in [3.8, 4) is 11.5 Å². The molecule has 0 saturated carbocycles. The predicted octanol–water partition coefficient (Wildman–Crippen LogP) is 3.53. The zero-order valence-electron chi connectivity index (χ0n) is 10.5. The van der Waals surface area contributed by atoms with Crippen LogP contribution in [-0.2, 0) is 11.3 Å². The van der Waals surface area contributed by atoms with Crippen LogP contribution in [0, 0.1) is 0 Å². The molecule has 0 unspecified atom stereocenters. The zero-order valence-corrected chi connectivity index (χ0v) is 12.1. The van der Waals surface area contributed by atoms with Gasteiger partial charge in [0.1, 0.15) is 6.61 Å². The van der Waals surface area contributed by atoms with E-state index in [1.54, 1.807) is 18.2 Å². The average Bonchev–Trinajstić information content (AvgIpc) is 2.92. The van der Waals surface area contributed by atoms with Crippen LogP contribution in [0.4, 0.5) is 0 Å². The van der Waals surface area contributed by atoms with E-state index < -0.39 is 0 Å². The second-order valence-corrected chi connectivity index (χ2v) is 5.19. The van der Waals surface area contributed by atoms with Crippen molar-refractivity contribution in [1.82, 2.24) is 0 Å². The summed E-state index contributed by atoms with van der Waals surface area (Å²) in [5.74, 6) is 0.832. The SMILES string of the molecule is O=C(OCc1cccc(Br)c1)c1ccc2c(c1)OCO2. The van der Waals surface area contributed by atoms with Gasteiger partial charge in [-0.1, -0.05) is 28.1 Å². The summed E-state index contributed by atoms with van der Waals surface area (Å²) in [6, 6.07) is 12.6. The summed E-state index contributed by atoms with van der Waals surface area (Å²) in [5.41, 5.74) is 1.37. The van der Waals surface area contributed by atoms with Crippen LogP contribution in [0.1, 0.15) is 15.9 Å². The lowest BCUT2D eigenvalue weighted by Gasteiger charge is -2.06. The lowest BCUT2D eigenvalue weighted by Crippen LogP contribution is -2.05. The lowest BCUT2D eigenvalue weighted by atomic mass is 10.2. The van der Waals surface area contributed by atoms with Gasteiger partial charge in [-0.15, -0.1) is 0 Å². The van der Waals surface area contributed by atoms with Gasteiger partial charge in [0.2, 0.25) is 6.79 Å². The Kier molecular flexibility index (Phi) is 3.60. The topological polar surface area (TPSA) is 44.8 Å². The number of halogens is 1. The molecule has 2 aromatic rings. The van der Waals surface area contributed by atoms with E-state index in [2.05, 4.69) is 15.9 Å². The van der Waals surface area contributed by atoms with E-state index in [0.29, 0.717) is 17.1 Å². The average molecular weight is 335 g/mol. The minimum Gasteiger partial charge on any atom is -0.457 e. The minimum atomic E-state index is -0.386. The summed E-state index contributed by atoms with van der Waals surface area (Å²) < 4.78 is 16.7. The Morgan fingerprint density at radius 3 is 2.85 bits per heavy atom. The summed E-state index contributed by atoms with van der Waals surface area (Å²) in [5, 5.41) is 0. The van der Waals surface area contributed by atoms with Crippen LogP contribution in [0.15, 0.2) is 46.9 Å². The Morgan fingerprint density at radius 1 is 1.15 bits per heavy atom. The summed E-state index contributed by atoms with van der Waals surface area (Å²) in [4.78, 5) is 12.0. The first kappa shape index (κ1) is 13.0. The summed E-state index contributed by atoms with van der Waals surface area (Å²) >= 11 is 3.38. The maximum absolute atomic E-state index is 12.0. The third-order valence-electron chi connectivity index (χ3n) is 2.87. The van der Waals surface area contributed by atoms with Crippen LogP contribution in [0.25, 0.3) is 0 Å². The molecule has 0 saturated heterocycles. The van der Waals surface area contributed by atoms with Crippen LogP contribution in [-0.4, -0.2) is 12.8 Å². The highest BCUT2D eigenvalue weighted by Gasteiger charge is 2.16. The Bertz CT molecular complexity index is 654. The van der Waals surface area contributed by atoms with Gasteiger partial charge >= 0.3 is 5.97 Å². The fraction of sp³-hybridized carbons (Fsp3) is 0.133. The lowest BCUT2D eigenvalue weighted by molar-refractivity contribution is 0.0472. The number of esters is 1. The van der Waals surface area contributed by atoms with Gasteiger partial charge in [-0.25, -0.2) is 4.79 Å². The van der Waals surface area contributed by atoms with Gasteiger partial charge in [0.15, 0.2) is 11.5 Å². The van der Waals surface area contributed by atoms with Crippen molar-refractivity contribution in [3.63, 3.8) is 0 Å². The van der Waals surface area contributed by atoms with Crippen molar-refractivity contribution in [2.24, 2.45) is 0 Å². The van der Waals surface area contributed by atoms with Crippen LogP contribution in [0.3, 0.4) is 0 Å². The van der Waals surface area contributed by atoms with Crippen LogP contribution >= 0.6 is 15.9 Å². The number of carbonyl (C=O) groups excluding carboxylic acids is 1. The molecule has 5 heteroatoms. The second kappa shape index (κ2) is 5.54. The molecule has 0 aliphatic carbocycles. The van der Waals surface area contributed by atoms with Crippen molar-refractivity contribution < 1.29 is 19.0 Å². The molecule has 0 radical (unpaired) electrons. The van der Waals surface area contributed by atoms with Crippen LogP contribution in [0.5, 0.6) is 11.5 Å². The Morgan fingerprint density at radius 2 is 2.00 bits per heavy atom. The monoisotopic (exact) mass is 334 g/mol. The minimum absolute atomic E-state index is 0.186. The number of carbonyl (C=O) groups is 1. The molecule has 2 aromatic carbocycles. The number of benzene rings is 2. The van der Waals surface area contributed by atoms with Gasteiger partial charge in [0.05, 0.1) is 5.56 Å². The molecule has 3 rings (SSSR count). The Hall–Kier alpha value is -2.01. The van der Waals surface area contributed by atoms with E-state index in [4.69, 9.17) is 14.2 Å². The van der Waals surface area contributed by atoms with E-state index in [9.17, 15) is 4.79 Å². The fourth-order valence-electron chi connectivity index (χ4n) is 1.88. The maximum atomic E-state index is 12.0. The van der Waals surface area contributed by atoms with Gasteiger partial charge in [0, 0.05) is 4.47 Å². The van der Waals surface area contributed by atoms with Crippen molar-refractivity contribution in [3.05, 3.63) is 58.1 Å². The van der Waals surface area contributed by atoms with Gasteiger partial charge in [0.25, 0.3) is 0 Å². The molecular weight excluding hydrogens is 324 g/mol. The zero-order chi connectivity index (χ0) is 13.9. The molecule has 0 spiro atoms. The molecule has 0 N–H and O–H groups in total. The molecule has 1 aliphatic rings. The van der Waals surface area contributed by atoms with Gasteiger partial charge in [-0.05, 0) is 35.9 Å². The molecule has 102 valence electrons. The van der Waals surface area contributed by atoms with Gasteiger partial charge in [-0.2, -0.15) is 0 Å². The number of fused-ring (bicyclic) bond motifs is 1. The number of hydrogen-bond donors (Lipinski definition) is 0. The van der Waals surface area contributed by atoms with Gasteiger partial charge in [-0.3, -0.25) is 0 Å². The first-order chi connectivity index (χ1) is 9.72. The smallest absolute Gasteiger partial charge is 0.338 e. The Balaban J connectivity index is 1.67. The highest BCUT2D eigenvalue weighted by Crippen LogP contribution is 2.32. The molecule has 4 nitrogen and oxygen atoms in total. The van der Waals surface area contributed by atoms with Gasteiger partial charge < -0.3 is 14.2 Å². The van der Waals surface area contributed by atoms with Crippen molar-refractivity contribution in [1.29, 1.82) is 0 Å². The van der Waals surface area contributed by atoms with Crippen LogP contribution < -0.4 is 9.47 Å². The molecule has 0 fully saturated rings. The molecular formula is C15H11BrO4. The standard InChI is InChI=1S/C15H11BrO4/c16-12-3-1-2-10(6-12)8-18-15(17)11-4-5-13-14(7-11)20-9-19-13/h1-7H,8-9H2. The van der Waals surface area contributed by atoms with E-state index in [-0.39, 0.29) is 19.4 Å². The number of rotatable bonds is 3. The predicted molar refractivity (Wildman–Crippen MR) is 75.8 cm³/mol. The Labute approximate surface area is 124 Å².